The number of phenolic OH excluding ortho intramolecular Hbond substituents is 2. The Morgan fingerprint density at radius 2 is 1.36 bits per heavy atom. The van der Waals surface area contributed by atoms with Crippen molar-refractivity contribution in [3.8, 4) is 11.5 Å². The third-order valence-corrected chi connectivity index (χ3v) is 5.35. The summed E-state index contributed by atoms with van der Waals surface area (Å²) < 4.78 is 0. The highest BCUT2D eigenvalue weighted by Gasteiger charge is 2.34. The van der Waals surface area contributed by atoms with Gasteiger partial charge in [0.1, 0.15) is 11.5 Å². The molecule has 0 heterocycles. The Morgan fingerprint density at radius 3 is 1.93 bits per heavy atom. The first-order valence-electron chi connectivity index (χ1n) is 9.34. The third-order valence-electron chi connectivity index (χ3n) is 5.35. The van der Waals surface area contributed by atoms with Gasteiger partial charge >= 0.3 is 0 Å². The number of carbonyl (C=O) groups excluding carboxylic acids is 2. The molecule has 0 saturated carbocycles. The molecule has 4 rings (SSSR count). The van der Waals surface area contributed by atoms with Crippen LogP contribution in [0.3, 0.4) is 0 Å². The van der Waals surface area contributed by atoms with Crippen LogP contribution in [0.4, 0.5) is 0 Å². The highest BCUT2D eigenvalue weighted by atomic mass is 16.3. The molecule has 4 nitrogen and oxygen atoms in total. The van der Waals surface area contributed by atoms with Crippen LogP contribution < -0.4 is 0 Å². The maximum absolute atomic E-state index is 12.9. The van der Waals surface area contributed by atoms with Gasteiger partial charge in [0.2, 0.25) is 5.78 Å². The molecule has 1 aliphatic rings. The third kappa shape index (κ3) is 3.07. The lowest BCUT2D eigenvalue weighted by molar-refractivity contribution is 0.0975. The number of carbonyl (C=O) groups is 2. The fraction of sp³-hybridized carbons (Fsp3) is 0.167. The van der Waals surface area contributed by atoms with Gasteiger partial charge in [-0.3, -0.25) is 9.59 Å². The standard InChI is InChI=1S/C24H20O4/c25-19(15-7-2-1-3-8-15)12-4-9-16-17-10-5-13-20(26)22(17)24(28)23-18(16)11-6-14-21(23)27/h1-3,5-8,10-11,13-14,16,26-27H,4,9,12H2. The topological polar surface area (TPSA) is 74.6 Å². The van der Waals surface area contributed by atoms with Crippen molar-refractivity contribution in [3.05, 3.63) is 94.5 Å². The molecular weight excluding hydrogens is 352 g/mol. The van der Waals surface area contributed by atoms with Gasteiger partial charge in [-0.1, -0.05) is 54.6 Å². The molecule has 0 aromatic heterocycles. The Hall–Kier alpha value is -3.40. The van der Waals surface area contributed by atoms with Gasteiger partial charge in [-0.15, -0.1) is 0 Å². The van der Waals surface area contributed by atoms with Crippen molar-refractivity contribution in [1.82, 2.24) is 0 Å². The van der Waals surface area contributed by atoms with Crippen LogP contribution in [-0.4, -0.2) is 21.8 Å². The van der Waals surface area contributed by atoms with E-state index in [1.807, 2.05) is 42.5 Å². The Morgan fingerprint density at radius 1 is 0.786 bits per heavy atom. The summed E-state index contributed by atoms with van der Waals surface area (Å²) in [5.41, 5.74) is 2.68. The molecule has 28 heavy (non-hydrogen) atoms. The van der Waals surface area contributed by atoms with Gasteiger partial charge < -0.3 is 10.2 Å². The lowest BCUT2D eigenvalue weighted by Crippen LogP contribution is -2.20. The molecule has 0 unspecified atom stereocenters. The smallest absolute Gasteiger partial charge is 0.201 e. The number of rotatable bonds is 5. The Balaban J connectivity index is 1.63. The zero-order valence-electron chi connectivity index (χ0n) is 15.3. The lowest BCUT2D eigenvalue weighted by Gasteiger charge is -2.28. The van der Waals surface area contributed by atoms with Crippen molar-refractivity contribution >= 4 is 11.6 Å². The van der Waals surface area contributed by atoms with Crippen LogP contribution in [0.15, 0.2) is 66.7 Å². The van der Waals surface area contributed by atoms with Crippen LogP contribution >= 0.6 is 0 Å². The zero-order valence-corrected chi connectivity index (χ0v) is 15.3. The Kier molecular flexibility index (Phi) is 4.70. The minimum atomic E-state index is -0.363. The Labute approximate surface area is 163 Å². The minimum Gasteiger partial charge on any atom is -0.507 e. The first-order chi connectivity index (χ1) is 13.6. The molecule has 0 aliphatic heterocycles. The fourth-order valence-electron chi connectivity index (χ4n) is 4.03. The van der Waals surface area contributed by atoms with Gasteiger partial charge in [-0.05, 0) is 36.1 Å². The minimum absolute atomic E-state index is 0.0817. The lowest BCUT2D eigenvalue weighted by atomic mass is 9.74. The number of fused-ring (bicyclic) bond motifs is 2. The van der Waals surface area contributed by atoms with Crippen molar-refractivity contribution < 1.29 is 19.8 Å². The molecule has 0 bridgehead atoms. The van der Waals surface area contributed by atoms with Crippen molar-refractivity contribution in [1.29, 1.82) is 0 Å². The average Bonchev–Trinajstić information content (AvgIpc) is 2.70. The highest BCUT2D eigenvalue weighted by molar-refractivity contribution is 6.15. The second-order valence-electron chi connectivity index (χ2n) is 7.05. The van der Waals surface area contributed by atoms with Gasteiger partial charge in [-0.25, -0.2) is 0 Å². The molecule has 0 radical (unpaired) electrons. The van der Waals surface area contributed by atoms with E-state index in [0.29, 0.717) is 24.8 Å². The fourth-order valence-corrected chi connectivity index (χ4v) is 4.03. The number of aromatic hydroxyl groups is 2. The van der Waals surface area contributed by atoms with Crippen molar-refractivity contribution in [3.63, 3.8) is 0 Å². The molecule has 4 heteroatoms. The van der Waals surface area contributed by atoms with Gasteiger partial charge in [0.15, 0.2) is 5.78 Å². The SMILES string of the molecule is O=C(CCCC1c2cccc(O)c2C(=O)c2c(O)cccc21)c1ccccc1. The monoisotopic (exact) mass is 372 g/mol. The molecule has 2 N–H and O–H groups in total. The molecule has 0 amide bonds. The van der Waals surface area contributed by atoms with Gasteiger partial charge in [-0.2, -0.15) is 0 Å². The quantitative estimate of drug-likeness (QED) is 0.629. The number of phenols is 2. The maximum atomic E-state index is 12.9. The van der Waals surface area contributed by atoms with Crippen LogP contribution in [0.2, 0.25) is 0 Å². The summed E-state index contributed by atoms with van der Waals surface area (Å²) in [6, 6.07) is 19.3. The summed E-state index contributed by atoms with van der Waals surface area (Å²) in [6.45, 7) is 0. The second-order valence-corrected chi connectivity index (χ2v) is 7.05. The van der Waals surface area contributed by atoms with Crippen molar-refractivity contribution in [2.45, 2.75) is 25.2 Å². The average molecular weight is 372 g/mol. The van der Waals surface area contributed by atoms with E-state index in [2.05, 4.69) is 0 Å². The van der Waals surface area contributed by atoms with Crippen LogP contribution in [0.25, 0.3) is 0 Å². The highest BCUT2D eigenvalue weighted by Crippen LogP contribution is 2.44. The van der Waals surface area contributed by atoms with Gasteiger partial charge in [0, 0.05) is 17.9 Å². The van der Waals surface area contributed by atoms with E-state index in [1.54, 1.807) is 12.1 Å². The molecule has 1 aliphatic carbocycles. The van der Waals surface area contributed by atoms with Crippen molar-refractivity contribution in [2.75, 3.05) is 0 Å². The predicted octanol–water partition coefficient (Wildman–Crippen LogP) is 4.83. The van der Waals surface area contributed by atoms with E-state index in [1.165, 1.54) is 12.1 Å². The number of ketones is 2. The van der Waals surface area contributed by atoms with E-state index < -0.39 is 0 Å². The van der Waals surface area contributed by atoms with E-state index in [9.17, 15) is 19.8 Å². The largest absolute Gasteiger partial charge is 0.507 e. The molecule has 0 atom stereocenters. The first-order valence-corrected chi connectivity index (χ1v) is 9.34. The second kappa shape index (κ2) is 7.31. The molecule has 3 aromatic carbocycles. The molecule has 3 aromatic rings. The summed E-state index contributed by atoms with van der Waals surface area (Å²) in [5, 5.41) is 20.5. The van der Waals surface area contributed by atoms with Crippen LogP contribution in [-0.2, 0) is 0 Å². The molecular formula is C24H20O4. The maximum Gasteiger partial charge on any atom is 0.201 e. The van der Waals surface area contributed by atoms with E-state index in [4.69, 9.17) is 0 Å². The Bertz CT molecular complexity index is 998. The summed E-state index contributed by atoms with van der Waals surface area (Å²) in [5.74, 6) is -0.605. The van der Waals surface area contributed by atoms with Crippen molar-refractivity contribution in [2.24, 2.45) is 0 Å². The van der Waals surface area contributed by atoms with Gasteiger partial charge in [0.05, 0.1) is 11.1 Å². The predicted molar refractivity (Wildman–Crippen MR) is 106 cm³/mol. The van der Waals surface area contributed by atoms with E-state index in [0.717, 1.165) is 11.1 Å². The molecule has 0 fully saturated rings. The number of benzene rings is 3. The summed E-state index contributed by atoms with van der Waals surface area (Å²) in [6.07, 6.45) is 1.67. The summed E-state index contributed by atoms with van der Waals surface area (Å²) in [7, 11) is 0. The van der Waals surface area contributed by atoms with Gasteiger partial charge in [0.25, 0.3) is 0 Å². The zero-order chi connectivity index (χ0) is 19.7. The normalized spacial score (nSPS) is 13.1. The van der Waals surface area contributed by atoms with Crippen LogP contribution in [0, 0.1) is 0 Å². The molecule has 0 saturated heterocycles. The molecule has 140 valence electrons. The number of hydrogen-bond donors (Lipinski definition) is 2. The first kappa shape index (κ1) is 18.0. The summed E-state index contributed by atoms with van der Waals surface area (Å²) in [4.78, 5) is 25.3. The number of hydrogen-bond acceptors (Lipinski definition) is 4. The van der Waals surface area contributed by atoms with Crippen LogP contribution in [0.5, 0.6) is 11.5 Å². The van der Waals surface area contributed by atoms with Crippen LogP contribution in [0.1, 0.15) is 62.6 Å². The molecule has 0 spiro atoms. The summed E-state index contributed by atoms with van der Waals surface area (Å²) >= 11 is 0. The van der Waals surface area contributed by atoms with E-state index in [-0.39, 0.29) is 40.1 Å². The van der Waals surface area contributed by atoms with E-state index >= 15 is 0 Å². The number of Topliss-reactive ketones (excluding diaryl/α,β-unsaturated/α-hetero) is 1.